The van der Waals surface area contributed by atoms with E-state index in [1.807, 2.05) is 13.8 Å². The topological polar surface area (TPSA) is 81.4 Å². The standard InChI is InChI=1S/C22H23FN4O3/c1-13(2)19-18(14(3)30-26-19)22(28)27-10-11-29-17(12-27)21-20(24-8-9-25-21)15-6-4-5-7-16(15)23/h4-9,13,17H,10-12H2,1-3H3. The zero-order valence-corrected chi connectivity index (χ0v) is 17.1. The molecule has 1 unspecified atom stereocenters. The van der Waals surface area contributed by atoms with Gasteiger partial charge in [0.2, 0.25) is 0 Å². The van der Waals surface area contributed by atoms with Crippen LogP contribution in [-0.2, 0) is 4.74 Å². The third-order valence-corrected chi connectivity index (χ3v) is 5.16. The monoisotopic (exact) mass is 410 g/mol. The normalized spacial score (nSPS) is 16.8. The van der Waals surface area contributed by atoms with Crippen LogP contribution in [0.15, 0.2) is 41.2 Å². The molecule has 1 aliphatic heterocycles. The maximum atomic E-state index is 14.4. The van der Waals surface area contributed by atoms with Crippen LogP contribution in [0.5, 0.6) is 0 Å². The molecule has 0 bridgehead atoms. The lowest BCUT2D eigenvalue weighted by atomic mass is 10.0. The summed E-state index contributed by atoms with van der Waals surface area (Å²) in [6.45, 7) is 6.73. The molecule has 0 spiro atoms. The molecule has 156 valence electrons. The Bertz CT molecular complexity index is 1070. The fourth-order valence-electron chi connectivity index (χ4n) is 3.65. The second-order valence-corrected chi connectivity index (χ2v) is 7.53. The number of carbonyl (C=O) groups excluding carboxylic acids is 1. The zero-order valence-electron chi connectivity index (χ0n) is 17.1. The molecule has 1 saturated heterocycles. The van der Waals surface area contributed by atoms with Crippen LogP contribution in [0.1, 0.15) is 53.4 Å². The molecule has 1 aliphatic rings. The molecule has 30 heavy (non-hydrogen) atoms. The van der Waals surface area contributed by atoms with Gasteiger partial charge in [0.25, 0.3) is 5.91 Å². The maximum Gasteiger partial charge on any atom is 0.259 e. The smallest absolute Gasteiger partial charge is 0.259 e. The van der Waals surface area contributed by atoms with E-state index in [9.17, 15) is 9.18 Å². The van der Waals surface area contributed by atoms with Crippen molar-refractivity contribution >= 4 is 5.91 Å². The summed E-state index contributed by atoms with van der Waals surface area (Å²) in [5.41, 5.74) is 2.42. The van der Waals surface area contributed by atoms with Gasteiger partial charge in [-0.1, -0.05) is 31.1 Å². The molecule has 1 amide bonds. The molecule has 3 heterocycles. The fourth-order valence-corrected chi connectivity index (χ4v) is 3.65. The second kappa shape index (κ2) is 8.31. The molecule has 3 aromatic rings. The lowest BCUT2D eigenvalue weighted by molar-refractivity contribution is -0.0247. The van der Waals surface area contributed by atoms with Gasteiger partial charge in [-0.2, -0.15) is 0 Å². The molecule has 7 nitrogen and oxygen atoms in total. The number of rotatable bonds is 4. The molecule has 0 saturated carbocycles. The van der Waals surface area contributed by atoms with Gasteiger partial charge in [-0.3, -0.25) is 14.8 Å². The number of halogens is 1. The van der Waals surface area contributed by atoms with E-state index in [4.69, 9.17) is 9.26 Å². The number of benzene rings is 1. The van der Waals surface area contributed by atoms with Gasteiger partial charge >= 0.3 is 0 Å². The van der Waals surface area contributed by atoms with E-state index >= 15 is 0 Å². The van der Waals surface area contributed by atoms with Crippen molar-refractivity contribution in [1.82, 2.24) is 20.0 Å². The van der Waals surface area contributed by atoms with E-state index in [0.29, 0.717) is 47.1 Å². The van der Waals surface area contributed by atoms with Gasteiger partial charge < -0.3 is 14.2 Å². The Morgan fingerprint density at radius 3 is 2.77 bits per heavy atom. The van der Waals surface area contributed by atoms with Gasteiger partial charge in [-0.05, 0) is 25.0 Å². The highest BCUT2D eigenvalue weighted by atomic mass is 19.1. The number of ether oxygens (including phenoxy) is 1. The molecule has 4 rings (SSSR count). The van der Waals surface area contributed by atoms with Crippen molar-refractivity contribution in [2.75, 3.05) is 19.7 Å². The summed E-state index contributed by atoms with van der Waals surface area (Å²) in [4.78, 5) is 23.7. The number of carbonyl (C=O) groups is 1. The molecule has 1 atom stereocenters. The van der Waals surface area contributed by atoms with Crippen LogP contribution in [0, 0.1) is 12.7 Å². The number of amides is 1. The first-order valence-corrected chi connectivity index (χ1v) is 9.90. The van der Waals surface area contributed by atoms with E-state index in [1.54, 1.807) is 36.2 Å². The predicted molar refractivity (Wildman–Crippen MR) is 107 cm³/mol. The van der Waals surface area contributed by atoms with Crippen molar-refractivity contribution in [2.45, 2.75) is 32.8 Å². The van der Waals surface area contributed by atoms with E-state index < -0.39 is 6.10 Å². The highest BCUT2D eigenvalue weighted by Gasteiger charge is 2.33. The SMILES string of the molecule is Cc1onc(C(C)C)c1C(=O)N1CCOC(c2nccnc2-c2ccccc2F)C1. The molecular formula is C22H23FN4O3. The Labute approximate surface area is 173 Å². The van der Waals surface area contributed by atoms with Crippen LogP contribution in [0.2, 0.25) is 0 Å². The maximum absolute atomic E-state index is 14.4. The van der Waals surface area contributed by atoms with Crippen LogP contribution in [-0.4, -0.2) is 45.6 Å². The number of aryl methyl sites for hydroxylation is 1. The minimum atomic E-state index is -0.520. The van der Waals surface area contributed by atoms with Gasteiger partial charge in [0, 0.05) is 24.5 Å². The molecule has 1 aromatic carbocycles. The quantitative estimate of drug-likeness (QED) is 0.649. The van der Waals surface area contributed by atoms with Crippen molar-refractivity contribution in [2.24, 2.45) is 0 Å². The largest absolute Gasteiger partial charge is 0.368 e. The van der Waals surface area contributed by atoms with Crippen molar-refractivity contribution in [3.05, 3.63) is 65.2 Å². The lowest BCUT2D eigenvalue weighted by Crippen LogP contribution is -2.43. The van der Waals surface area contributed by atoms with Gasteiger partial charge in [-0.15, -0.1) is 0 Å². The molecule has 0 N–H and O–H groups in total. The van der Waals surface area contributed by atoms with E-state index in [2.05, 4.69) is 15.1 Å². The van der Waals surface area contributed by atoms with Crippen LogP contribution in [0.4, 0.5) is 4.39 Å². The Morgan fingerprint density at radius 2 is 2.00 bits per heavy atom. The minimum absolute atomic E-state index is 0.0610. The van der Waals surface area contributed by atoms with Gasteiger partial charge in [0.15, 0.2) is 0 Å². The van der Waals surface area contributed by atoms with Crippen LogP contribution < -0.4 is 0 Å². The van der Waals surface area contributed by atoms with Crippen molar-refractivity contribution in [3.63, 3.8) is 0 Å². The first-order valence-electron chi connectivity index (χ1n) is 9.90. The summed E-state index contributed by atoms with van der Waals surface area (Å²) in [5, 5.41) is 4.05. The van der Waals surface area contributed by atoms with Gasteiger partial charge in [0.05, 0.1) is 30.2 Å². The molecule has 2 aromatic heterocycles. The molecular weight excluding hydrogens is 387 g/mol. The summed E-state index contributed by atoms with van der Waals surface area (Å²) in [7, 11) is 0. The Kier molecular flexibility index (Phi) is 5.59. The second-order valence-electron chi connectivity index (χ2n) is 7.53. The average molecular weight is 410 g/mol. The van der Waals surface area contributed by atoms with Crippen LogP contribution in [0.25, 0.3) is 11.3 Å². The number of aromatic nitrogens is 3. The molecule has 0 radical (unpaired) electrons. The van der Waals surface area contributed by atoms with E-state index in [0.717, 1.165) is 0 Å². The van der Waals surface area contributed by atoms with Crippen LogP contribution in [0.3, 0.4) is 0 Å². The summed E-state index contributed by atoms with van der Waals surface area (Å²) in [6, 6.07) is 6.41. The summed E-state index contributed by atoms with van der Waals surface area (Å²) < 4.78 is 25.6. The van der Waals surface area contributed by atoms with Crippen molar-refractivity contribution < 1.29 is 18.4 Å². The first kappa shape index (κ1) is 20.2. The third kappa shape index (κ3) is 3.70. The lowest BCUT2D eigenvalue weighted by Gasteiger charge is -2.33. The van der Waals surface area contributed by atoms with Crippen molar-refractivity contribution in [3.8, 4) is 11.3 Å². The van der Waals surface area contributed by atoms with Crippen molar-refractivity contribution in [1.29, 1.82) is 0 Å². The Hall–Kier alpha value is -3.13. The highest BCUT2D eigenvalue weighted by molar-refractivity contribution is 5.96. The Morgan fingerprint density at radius 1 is 1.23 bits per heavy atom. The van der Waals surface area contributed by atoms with Gasteiger partial charge in [0.1, 0.15) is 23.2 Å². The number of hydrogen-bond donors (Lipinski definition) is 0. The summed E-state index contributed by atoms with van der Waals surface area (Å²) in [5.74, 6) is 0.0240. The predicted octanol–water partition coefficient (Wildman–Crippen LogP) is 3.92. The van der Waals surface area contributed by atoms with Crippen LogP contribution >= 0.6 is 0 Å². The molecule has 1 fully saturated rings. The fraction of sp³-hybridized carbons (Fsp3) is 0.364. The zero-order chi connectivity index (χ0) is 21.3. The Balaban J connectivity index is 1.64. The first-order chi connectivity index (χ1) is 14.5. The average Bonchev–Trinajstić information content (AvgIpc) is 3.15. The molecule has 8 heteroatoms. The molecule has 0 aliphatic carbocycles. The number of nitrogens with zero attached hydrogens (tertiary/aromatic N) is 4. The summed E-state index contributed by atoms with van der Waals surface area (Å²) in [6.07, 6.45) is 2.55. The number of morpholine rings is 1. The highest BCUT2D eigenvalue weighted by Crippen LogP contribution is 2.31. The van der Waals surface area contributed by atoms with Gasteiger partial charge in [-0.25, -0.2) is 4.39 Å². The number of hydrogen-bond acceptors (Lipinski definition) is 6. The minimum Gasteiger partial charge on any atom is -0.368 e. The third-order valence-electron chi connectivity index (χ3n) is 5.16. The van der Waals surface area contributed by atoms with E-state index in [-0.39, 0.29) is 24.2 Å². The summed E-state index contributed by atoms with van der Waals surface area (Å²) >= 11 is 0. The van der Waals surface area contributed by atoms with E-state index in [1.165, 1.54) is 12.3 Å².